The van der Waals surface area contributed by atoms with Gasteiger partial charge in [-0.05, 0) is 42.8 Å². The fraction of sp³-hybridized carbons (Fsp3) is 0.143. The lowest BCUT2D eigenvalue weighted by molar-refractivity contribution is -0.148. The van der Waals surface area contributed by atoms with E-state index in [-0.39, 0.29) is 0 Å². The summed E-state index contributed by atoms with van der Waals surface area (Å²) in [6.45, 7) is 1.43. The summed E-state index contributed by atoms with van der Waals surface area (Å²) in [5.74, 6) is -1.70. The van der Waals surface area contributed by atoms with E-state index in [1.165, 1.54) is 26.2 Å². The number of hydrogen-bond donors (Lipinski definition) is 1. The number of rotatable bonds is 6. The van der Waals surface area contributed by atoms with E-state index in [1.807, 2.05) is 6.07 Å². The Morgan fingerprint density at radius 2 is 1.79 bits per heavy atom. The van der Waals surface area contributed by atoms with Crippen molar-refractivity contribution < 1.29 is 23.9 Å². The Balaban J connectivity index is 1.92. The van der Waals surface area contributed by atoms with Gasteiger partial charge in [-0.3, -0.25) is 4.79 Å². The number of para-hydroxylation sites is 1. The second-order valence-electron chi connectivity index (χ2n) is 5.67. The number of nitriles is 1. The van der Waals surface area contributed by atoms with Gasteiger partial charge < -0.3 is 14.8 Å². The maximum absolute atomic E-state index is 12.2. The van der Waals surface area contributed by atoms with E-state index in [0.717, 1.165) is 0 Å². The molecule has 0 saturated heterocycles. The summed E-state index contributed by atoms with van der Waals surface area (Å²) in [6, 6.07) is 14.9. The number of ether oxygens (including phenoxy) is 2. The molecule has 0 fully saturated rings. The highest BCUT2D eigenvalue weighted by atomic mass is 16.5. The van der Waals surface area contributed by atoms with E-state index >= 15 is 0 Å². The number of methoxy groups -OCH3 is 1. The smallest absolute Gasteiger partial charge is 0.337 e. The van der Waals surface area contributed by atoms with Gasteiger partial charge in [-0.2, -0.15) is 5.26 Å². The van der Waals surface area contributed by atoms with Crippen LogP contribution in [0.2, 0.25) is 0 Å². The number of esters is 2. The Hall–Kier alpha value is -3.92. The first-order valence-electron chi connectivity index (χ1n) is 8.31. The lowest BCUT2D eigenvalue weighted by Gasteiger charge is -2.13. The van der Waals surface area contributed by atoms with Crippen LogP contribution in [0.1, 0.15) is 28.4 Å². The second-order valence-corrected chi connectivity index (χ2v) is 5.67. The van der Waals surface area contributed by atoms with Crippen LogP contribution >= 0.6 is 0 Å². The van der Waals surface area contributed by atoms with E-state index in [0.29, 0.717) is 22.4 Å². The highest BCUT2D eigenvalue weighted by molar-refractivity contribution is 5.97. The zero-order valence-corrected chi connectivity index (χ0v) is 15.3. The van der Waals surface area contributed by atoms with Crippen LogP contribution < -0.4 is 5.32 Å². The van der Waals surface area contributed by atoms with Crippen molar-refractivity contribution in [3.8, 4) is 6.07 Å². The number of benzene rings is 2. The van der Waals surface area contributed by atoms with Gasteiger partial charge >= 0.3 is 11.9 Å². The molecule has 142 valence electrons. The van der Waals surface area contributed by atoms with Crippen molar-refractivity contribution in [3.05, 3.63) is 71.3 Å². The molecule has 2 rings (SSSR count). The molecule has 1 amide bonds. The maximum Gasteiger partial charge on any atom is 0.337 e. The summed E-state index contributed by atoms with van der Waals surface area (Å²) in [5.41, 5.74) is 1.72. The second kappa shape index (κ2) is 9.69. The molecule has 0 aliphatic carbocycles. The minimum atomic E-state index is -1.05. The quantitative estimate of drug-likeness (QED) is 0.612. The van der Waals surface area contributed by atoms with Crippen molar-refractivity contribution in [2.75, 3.05) is 12.4 Å². The number of anilines is 1. The van der Waals surface area contributed by atoms with Gasteiger partial charge in [0.25, 0.3) is 5.91 Å². The zero-order chi connectivity index (χ0) is 20.5. The molecule has 0 heterocycles. The SMILES string of the molecule is COC(=O)c1ccc(/C=C/C(=O)O[C@@H](C)C(=O)Nc2ccccc2C#N)cc1. The summed E-state index contributed by atoms with van der Waals surface area (Å²) < 4.78 is 9.68. The molecule has 0 aliphatic rings. The predicted molar refractivity (Wildman–Crippen MR) is 102 cm³/mol. The molecule has 1 atom stereocenters. The first kappa shape index (κ1) is 20.4. The van der Waals surface area contributed by atoms with Crippen LogP contribution in [0.4, 0.5) is 5.69 Å². The molecule has 0 saturated carbocycles. The Morgan fingerprint density at radius 3 is 2.43 bits per heavy atom. The van der Waals surface area contributed by atoms with E-state index in [9.17, 15) is 14.4 Å². The van der Waals surface area contributed by atoms with E-state index < -0.39 is 23.9 Å². The van der Waals surface area contributed by atoms with E-state index in [1.54, 1.807) is 48.5 Å². The molecule has 7 heteroatoms. The maximum atomic E-state index is 12.2. The summed E-state index contributed by atoms with van der Waals surface area (Å²) in [6.07, 6.45) is 1.63. The molecule has 0 bridgehead atoms. The van der Waals surface area contributed by atoms with Crippen LogP contribution in [0, 0.1) is 11.3 Å². The standard InChI is InChI=1S/C21H18N2O5/c1-14(20(25)23-18-6-4-3-5-17(18)13-22)28-19(24)12-9-15-7-10-16(11-8-15)21(26)27-2/h3-12,14H,1-2H3,(H,23,25)/b12-9+/t14-/m0/s1. The Labute approximate surface area is 162 Å². The van der Waals surface area contributed by atoms with Gasteiger partial charge in [0.1, 0.15) is 6.07 Å². The Morgan fingerprint density at radius 1 is 1.11 bits per heavy atom. The molecule has 0 aromatic heterocycles. The molecule has 0 aliphatic heterocycles. The van der Waals surface area contributed by atoms with E-state index in [2.05, 4.69) is 10.1 Å². The van der Waals surface area contributed by atoms with Gasteiger partial charge in [-0.25, -0.2) is 9.59 Å². The Bertz CT molecular complexity index is 942. The number of amides is 1. The average Bonchev–Trinajstić information content (AvgIpc) is 2.72. The number of carbonyl (C=O) groups excluding carboxylic acids is 3. The lowest BCUT2D eigenvalue weighted by Crippen LogP contribution is -2.29. The fourth-order valence-electron chi connectivity index (χ4n) is 2.20. The summed E-state index contributed by atoms with van der Waals surface area (Å²) in [7, 11) is 1.29. The van der Waals surface area contributed by atoms with Crippen molar-refractivity contribution in [1.82, 2.24) is 0 Å². The normalized spacial score (nSPS) is 11.3. The molecule has 1 N–H and O–H groups in total. The average molecular weight is 378 g/mol. The summed E-state index contributed by atoms with van der Waals surface area (Å²) in [5, 5.41) is 11.6. The molecule has 28 heavy (non-hydrogen) atoms. The van der Waals surface area contributed by atoms with Crippen molar-refractivity contribution in [3.63, 3.8) is 0 Å². The highest BCUT2D eigenvalue weighted by Crippen LogP contribution is 2.14. The zero-order valence-electron chi connectivity index (χ0n) is 15.3. The third-order valence-electron chi connectivity index (χ3n) is 3.71. The van der Waals surface area contributed by atoms with Gasteiger partial charge in [0.05, 0.1) is 23.9 Å². The monoisotopic (exact) mass is 378 g/mol. The van der Waals surface area contributed by atoms with Crippen LogP contribution in [0.25, 0.3) is 6.08 Å². The molecule has 0 radical (unpaired) electrons. The first-order chi connectivity index (χ1) is 13.4. The van der Waals surface area contributed by atoms with Crippen molar-refractivity contribution in [1.29, 1.82) is 5.26 Å². The van der Waals surface area contributed by atoms with Crippen molar-refractivity contribution in [2.45, 2.75) is 13.0 Å². The molecular weight excluding hydrogens is 360 g/mol. The molecule has 2 aromatic carbocycles. The van der Waals surface area contributed by atoms with Gasteiger partial charge in [-0.1, -0.05) is 24.3 Å². The summed E-state index contributed by atoms with van der Waals surface area (Å²) >= 11 is 0. The first-order valence-corrected chi connectivity index (χ1v) is 8.31. The van der Waals surface area contributed by atoms with Crippen LogP contribution in [0.5, 0.6) is 0 Å². The Kier molecular flexibility index (Phi) is 7.06. The topological polar surface area (TPSA) is 105 Å². The number of nitrogens with one attached hydrogen (secondary N) is 1. The van der Waals surface area contributed by atoms with Gasteiger partial charge in [0.15, 0.2) is 6.10 Å². The predicted octanol–water partition coefficient (Wildman–Crippen LogP) is 2.93. The molecular formula is C21H18N2O5. The van der Waals surface area contributed by atoms with Gasteiger partial charge in [-0.15, -0.1) is 0 Å². The third kappa shape index (κ3) is 5.54. The number of carbonyl (C=O) groups is 3. The van der Waals surface area contributed by atoms with Gasteiger partial charge in [0, 0.05) is 6.08 Å². The van der Waals surface area contributed by atoms with Crippen LogP contribution in [-0.2, 0) is 19.1 Å². The van der Waals surface area contributed by atoms with Crippen molar-refractivity contribution in [2.24, 2.45) is 0 Å². The molecule has 0 spiro atoms. The minimum Gasteiger partial charge on any atom is -0.465 e. The third-order valence-corrected chi connectivity index (χ3v) is 3.71. The molecule has 2 aromatic rings. The van der Waals surface area contributed by atoms with Crippen LogP contribution in [0.15, 0.2) is 54.6 Å². The van der Waals surface area contributed by atoms with E-state index in [4.69, 9.17) is 10.00 Å². The minimum absolute atomic E-state index is 0.310. The van der Waals surface area contributed by atoms with Crippen molar-refractivity contribution >= 4 is 29.6 Å². The number of hydrogen-bond acceptors (Lipinski definition) is 6. The number of nitrogens with zero attached hydrogens (tertiary/aromatic N) is 1. The molecule has 7 nitrogen and oxygen atoms in total. The molecule has 0 unspecified atom stereocenters. The van der Waals surface area contributed by atoms with Crippen LogP contribution in [0.3, 0.4) is 0 Å². The van der Waals surface area contributed by atoms with Crippen LogP contribution in [-0.4, -0.2) is 31.1 Å². The lowest BCUT2D eigenvalue weighted by atomic mass is 10.1. The fourth-order valence-corrected chi connectivity index (χ4v) is 2.20. The largest absolute Gasteiger partial charge is 0.465 e. The summed E-state index contributed by atoms with van der Waals surface area (Å²) in [4.78, 5) is 35.4. The highest BCUT2D eigenvalue weighted by Gasteiger charge is 2.17. The van der Waals surface area contributed by atoms with Gasteiger partial charge in [0.2, 0.25) is 0 Å².